The zero-order chi connectivity index (χ0) is 14.4. The lowest BCUT2D eigenvalue weighted by Crippen LogP contribution is -2.25. The van der Waals surface area contributed by atoms with E-state index in [4.69, 9.17) is 4.74 Å². The van der Waals surface area contributed by atoms with Crippen molar-refractivity contribution in [3.05, 3.63) is 18.2 Å². The number of nitrogens with one attached hydrogen (secondary N) is 1. The van der Waals surface area contributed by atoms with E-state index in [0.717, 1.165) is 16.7 Å². The van der Waals surface area contributed by atoms with E-state index in [9.17, 15) is 8.42 Å². The number of hydrogen-bond acceptors (Lipinski definition) is 5. The van der Waals surface area contributed by atoms with E-state index in [1.807, 2.05) is 0 Å². The van der Waals surface area contributed by atoms with Gasteiger partial charge in [-0.3, -0.25) is 0 Å². The minimum absolute atomic E-state index is 0.171. The lowest BCUT2D eigenvalue weighted by atomic mass is 10.3. The van der Waals surface area contributed by atoms with Crippen molar-refractivity contribution in [2.45, 2.75) is 11.3 Å². The lowest BCUT2D eigenvalue weighted by Gasteiger charge is -2.08. The molecule has 1 heterocycles. The molecule has 6 nitrogen and oxygen atoms in total. The van der Waals surface area contributed by atoms with Gasteiger partial charge in [0.15, 0.2) is 0 Å². The number of rotatable bonds is 8. The first-order valence-electron chi connectivity index (χ1n) is 6.00. The van der Waals surface area contributed by atoms with Gasteiger partial charge < -0.3 is 4.74 Å². The molecular weight excluding hydrogens is 366 g/mol. The van der Waals surface area contributed by atoms with E-state index in [1.54, 1.807) is 12.1 Å². The summed E-state index contributed by atoms with van der Waals surface area (Å²) in [4.78, 5) is 0.171. The summed E-state index contributed by atoms with van der Waals surface area (Å²) in [5.74, 6) is 0. The van der Waals surface area contributed by atoms with Gasteiger partial charge in [0.25, 0.3) is 0 Å². The van der Waals surface area contributed by atoms with Gasteiger partial charge in [0.05, 0.1) is 18.0 Å². The van der Waals surface area contributed by atoms with Gasteiger partial charge in [-0.2, -0.15) is 8.73 Å². The molecule has 1 aromatic carbocycles. The van der Waals surface area contributed by atoms with Crippen LogP contribution < -0.4 is 4.72 Å². The first-order valence-corrected chi connectivity index (χ1v) is 9.33. The highest BCUT2D eigenvalue weighted by molar-refractivity contribution is 9.09. The van der Waals surface area contributed by atoms with E-state index in [0.29, 0.717) is 37.6 Å². The number of hydrogen-bond donors (Lipinski definition) is 1. The molecule has 20 heavy (non-hydrogen) atoms. The second kappa shape index (κ2) is 7.41. The quantitative estimate of drug-likeness (QED) is 0.565. The number of alkyl halides is 1. The molecule has 1 aliphatic rings. The second-order valence-corrected chi connectivity index (χ2v) is 7.00. The fourth-order valence-corrected chi connectivity index (χ4v) is 3.68. The molecule has 0 aromatic heterocycles. The zero-order valence-electron chi connectivity index (χ0n) is 10.6. The Morgan fingerprint density at radius 1 is 1.30 bits per heavy atom. The van der Waals surface area contributed by atoms with Gasteiger partial charge in [-0.25, -0.2) is 13.1 Å². The summed E-state index contributed by atoms with van der Waals surface area (Å²) in [5, 5.41) is 0.775. The van der Waals surface area contributed by atoms with Crippen molar-refractivity contribution in [2.75, 3.05) is 25.1 Å². The highest BCUT2D eigenvalue weighted by Gasteiger charge is 2.21. The predicted molar refractivity (Wildman–Crippen MR) is 82.4 cm³/mol. The standard InChI is InChI=1S/C11H14BrN3O3S2/c12-5-8-18-7-2-6-13-20(16,17)10-4-1-3-9-11(10)15-19-14-9/h1,3-4,13H,2,5-8H2. The smallest absolute Gasteiger partial charge is 0.242 e. The normalized spacial score (nSPS) is 13.2. The van der Waals surface area contributed by atoms with Gasteiger partial charge in [-0.1, -0.05) is 22.0 Å². The molecule has 1 aromatic rings. The van der Waals surface area contributed by atoms with Crippen molar-refractivity contribution in [1.82, 2.24) is 4.72 Å². The number of fused-ring (bicyclic) bond motifs is 1. The molecule has 1 aliphatic heterocycles. The monoisotopic (exact) mass is 379 g/mol. The number of nitrogens with zero attached hydrogens (tertiary/aromatic N) is 2. The van der Waals surface area contributed by atoms with Crippen LogP contribution in [-0.4, -0.2) is 33.5 Å². The maximum atomic E-state index is 12.2. The molecule has 0 bridgehead atoms. The summed E-state index contributed by atoms with van der Waals surface area (Å²) in [5.41, 5.74) is 1.01. The van der Waals surface area contributed by atoms with E-state index in [-0.39, 0.29) is 4.90 Å². The van der Waals surface area contributed by atoms with Crippen LogP contribution >= 0.6 is 15.9 Å². The Bertz CT molecular complexity index is 642. The molecule has 110 valence electrons. The molecule has 0 amide bonds. The molecule has 0 aliphatic carbocycles. The number of sulfonamides is 1. The highest BCUT2D eigenvalue weighted by atomic mass is 79.9. The molecule has 1 N–H and O–H groups in total. The van der Waals surface area contributed by atoms with Crippen LogP contribution in [0.4, 0.5) is 11.4 Å². The molecule has 0 saturated carbocycles. The van der Waals surface area contributed by atoms with Crippen molar-refractivity contribution >= 4 is 48.7 Å². The Morgan fingerprint density at radius 3 is 2.95 bits per heavy atom. The highest BCUT2D eigenvalue weighted by Crippen LogP contribution is 2.37. The lowest BCUT2D eigenvalue weighted by molar-refractivity contribution is 0.149. The molecule has 0 saturated heterocycles. The Hall–Kier alpha value is -0.610. The fraction of sp³-hybridized carbons (Fsp3) is 0.455. The average molecular weight is 380 g/mol. The summed E-state index contributed by atoms with van der Waals surface area (Å²) >= 11 is 4.26. The Balaban J connectivity index is 1.95. The predicted octanol–water partition coefficient (Wildman–Crippen LogP) is 2.49. The van der Waals surface area contributed by atoms with Crippen LogP contribution in [0.5, 0.6) is 0 Å². The first-order chi connectivity index (χ1) is 9.65. The molecule has 0 unspecified atom stereocenters. The van der Waals surface area contributed by atoms with E-state index < -0.39 is 10.0 Å². The van der Waals surface area contributed by atoms with Crippen molar-refractivity contribution in [3.63, 3.8) is 0 Å². The van der Waals surface area contributed by atoms with Crippen LogP contribution in [0.2, 0.25) is 0 Å². The van der Waals surface area contributed by atoms with Crippen LogP contribution in [0.3, 0.4) is 0 Å². The number of benzene rings is 1. The topological polar surface area (TPSA) is 80.1 Å². The van der Waals surface area contributed by atoms with Crippen molar-refractivity contribution in [3.8, 4) is 0 Å². The molecule has 0 fully saturated rings. The summed E-state index contributed by atoms with van der Waals surface area (Å²) in [6, 6.07) is 4.94. The van der Waals surface area contributed by atoms with Crippen LogP contribution in [0.1, 0.15) is 6.42 Å². The van der Waals surface area contributed by atoms with Gasteiger partial charge in [-0.05, 0) is 18.6 Å². The van der Waals surface area contributed by atoms with E-state index in [2.05, 4.69) is 29.4 Å². The maximum absolute atomic E-state index is 12.2. The first kappa shape index (κ1) is 15.8. The van der Waals surface area contributed by atoms with E-state index in [1.165, 1.54) is 6.07 Å². The zero-order valence-corrected chi connectivity index (χ0v) is 13.8. The molecule has 0 radical (unpaired) electrons. The van der Waals surface area contributed by atoms with Crippen LogP contribution in [-0.2, 0) is 26.1 Å². The van der Waals surface area contributed by atoms with Crippen LogP contribution in [0.25, 0.3) is 0 Å². The molecular formula is C11H14BrN3O3S2. The van der Waals surface area contributed by atoms with Crippen LogP contribution in [0, 0.1) is 0 Å². The average Bonchev–Trinajstić information content (AvgIpc) is 2.90. The Kier molecular flexibility index (Phi) is 5.85. The number of ether oxygens (including phenoxy) is 1. The van der Waals surface area contributed by atoms with E-state index >= 15 is 0 Å². The third-order valence-electron chi connectivity index (χ3n) is 2.52. The third kappa shape index (κ3) is 3.95. The molecule has 2 rings (SSSR count). The second-order valence-electron chi connectivity index (χ2n) is 3.94. The van der Waals surface area contributed by atoms with Crippen molar-refractivity contribution in [1.29, 1.82) is 0 Å². The van der Waals surface area contributed by atoms with Crippen molar-refractivity contribution < 1.29 is 13.2 Å². The van der Waals surface area contributed by atoms with Crippen molar-refractivity contribution in [2.24, 2.45) is 8.73 Å². The SMILES string of the molecule is O=S(=O)(NCCCOCCBr)c1cccc2c1N=S=N2. The Labute approximate surface area is 130 Å². The van der Waals surface area contributed by atoms with Gasteiger partial charge >= 0.3 is 0 Å². The summed E-state index contributed by atoms with van der Waals surface area (Å²) < 4.78 is 40.3. The van der Waals surface area contributed by atoms with Gasteiger partial charge in [0.1, 0.15) is 16.3 Å². The maximum Gasteiger partial charge on any atom is 0.242 e. The van der Waals surface area contributed by atoms with Gasteiger partial charge in [0.2, 0.25) is 10.0 Å². The Morgan fingerprint density at radius 2 is 2.15 bits per heavy atom. The minimum atomic E-state index is -3.56. The number of halogens is 1. The summed E-state index contributed by atoms with van der Waals surface area (Å²) in [6.45, 7) is 1.48. The van der Waals surface area contributed by atoms with Gasteiger partial charge in [0, 0.05) is 18.5 Å². The third-order valence-corrected chi connectivity index (χ3v) is 4.88. The summed E-state index contributed by atoms with van der Waals surface area (Å²) in [6.07, 6.45) is 0.623. The largest absolute Gasteiger partial charge is 0.381 e. The van der Waals surface area contributed by atoms with Crippen LogP contribution in [0.15, 0.2) is 31.8 Å². The fourth-order valence-electron chi connectivity index (χ4n) is 1.61. The molecule has 0 spiro atoms. The minimum Gasteiger partial charge on any atom is -0.381 e. The molecule has 9 heteroatoms. The van der Waals surface area contributed by atoms with Gasteiger partial charge in [-0.15, -0.1) is 0 Å². The summed E-state index contributed by atoms with van der Waals surface area (Å²) in [7, 11) is -3.56. The molecule has 0 atom stereocenters.